The van der Waals surface area contributed by atoms with Crippen molar-refractivity contribution in [1.29, 1.82) is 0 Å². The highest BCUT2D eigenvalue weighted by Crippen LogP contribution is 2.36. The number of hydrogen-bond donors (Lipinski definition) is 1. The Labute approximate surface area is 220 Å². The number of piperidine rings is 2. The molecule has 4 aliphatic rings. The summed E-state index contributed by atoms with van der Waals surface area (Å²) in [4.78, 5) is 27.4. The molecule has 37 heavy (non-hydrogen) atoms. The number of ether oxygens (including phenoxy) is 2. The first-order valence-corrected chi connectivity index (χ1v) is 13.9. The SMILES string of the molecule is COCCCOc1ccc(-c2ccnc(N3CCC(C(=O)NC4(C)CCN5CCC4CC5)CC3)n2)cc1. The van der Waals surface area contributed by atoms with Crippen LogP contribution in [0.15, 0.2) is 36.5 Å². The van der Waals surface area contributed by atoms with Crippen molar-refractivity contribution in [2.45, 2.75) is 51.0 Å². The summed E-state index contributed by atoms with van der Waals surface area (Å²) in [6.07, 6.45) is 7.82. The number of carbonyl (C=O) groups excluding carboxylic acids is 1. The van der Waals surface area contributed by atoms with Gasteiger partial charge in [0.1, 0.15) is 5.75 Å². The van der Waals surface area contributed by atoms with Gasteiger partial charge in [-0.25, -0.2) is 9.97 Å². The number of nitrogens with zero attached hydrogens (tertiary/aromatic N) is 4. The van der Waals surface area contributed by atoms with Gasteiger partial charge in [-0.3, -0.25) is 4.79 Å². The van der Waals surface area contributed by atoms with Gasteiger partial charge in [-0.2, -0.15) is 0 Å². The Morgan fingerprint density at radius 2 is 1.78 bits per heavy atom. The van der Waals surface area contributed by atoms with E-state index >= 15 is 0 Å². The maximum Gasteiger partial charge on any atom is 0.225 e. The molecule has 1 unspecified atom stereocenters. The van der Waals surface area contributed by atoms with Crippen LogP contribution < -0.4 is 15.0 Å². The minimum atomic E-state index is -0.0680. The fourth-order valence-corrected chi connectivity index (χ4v) is 6.05. The Kier molecular flexibility index (Phi) is 8.25. The van der Waals surface area contributed by atoms with Gasteiger partial charge in [0.25, 0.3) is 0 Å². The van der Waals surface area contributed by atoms with E-state index in [1.807, 2.05) is 36.5 Å². The second-order valence-electron chi connectivity index (χ2n) is 11.0. The Morgan fingerprint density at radius 1 is 1.03 bits per heavy atom. The lowest BCUT2D eigenvalue weighted by Gasteiger charge is -2.39. The lowest BCUT2D eigenvalue weighted by Crippen LogP contribution is -2.54. The Bertz CT molecular complexity index is 1030. The summed E-state index contributed by atoms with van der Waals surface area (Å²) in [5, 5.41) is 3.51. The average molecular weight is 508 g/mol. The van der Waals surface area contributed by atoms with E-state index in [2.05, 4.69) is 27.0 Å². The predicted octanol–water partition coefficient (Wildman–Crippen LogP) is 3.77. The molecular weight excluding hydrogens is 466 g/mol. The summed E-state index contributed by atoms with van der Waals surface area (Å²) in [6, 6.07) is 9.96. The van der Waals surface area contributed by atoms with Crippen LogP contribution in [0, 0.1) is 11.8 Å². The van der Waals surface area contributed by atoms with E-state index in [1.165, 1.54) is 25.9 Å². The molecule has 2 aromatic rings. The molecule has 1 N–H and O–H groups in total. The minimum absolute atomic E-state index is 0.0634. The van der Waals surface area contributed by atoms with Crippen molar-refractivity contribution in [3.8, 4) is 17.0 Å². The maximum atomic E-state index is 13.3. The summed E-state index contributed by atoms with van der Waals surface area (Å²) in [7, 11) is 1.70. The number of fused-ring (bicyclic) bond motifs is 4. The molecule has 0 aliphatic carbocycles. The Balaban J connectivity index is 1.15. The highest BCUT2D eigenvalue weighted by atomic mass is 16.5. The molecule has 0 radical (unpaired) electrons. The first-order valence-electron chi connectivity index (χ1n) is 13.9. The molecule has 4 saturated heterocycles. The van der Waals surface area contributed by atoms with Crippen LogP contribution in [0.1, 0.15) is 45.4 Å². The molecule has 6 rings (SSSR count). The number of benzene rings is 1. The van der Waals surface area contributed by atoms with Crippen molar-refractivity contribution in [3.05, 3.63) is 36.5 Å². The van der Waals surface area contributed by atoms with Gasteiger partial charge in [0.05, 0.1) is 12.3 Å². The van der Waals surface area contributed by atoms with Gasteiger partial charge >= 0.3 is 0 Å². The van der Waals surface area contributed by atoms with Crippen molar-refractivity contribution in [1.82, 2.24) is 20.2 Å². The number of carbonyl (C=O) groups is 1. The first kappa shape index (κ1) is 25.9. The molecule has 1 aromatic heterocycles. The van der Waals surface area contributed by atoms with Gasteiger partial charge in [0.2, 0.25) is 11.9 Å². The van der Waals surface area contributed by atoms with Gasteiger partial charge in [0.15, 0.2) is 0 Å². The van der Waals surface area contributed by atoms with Gasteiger partial charge < -0.3 is 24.6 Å². The largest absolute Gasteiger partial charge is 0.494 e. The van der Waals surface area contributed by atoms with Crippen LogP contribution in [0.25, 0.3) is 11.3 Å². The highest BCUT2D eigenvalue weighted by molar-refractivity contribution is 5.79. The van der Waals surface area contributed by atoms with Crippen LogP contribution in [-0.2, 0) is 9.53 Å². The van der Waals surface area contributed by atoms with E-state index in [0.717, 1.165) is 68.3 Å². The van der Waals surface area contributed by atoms with E-state index in [1.54, 1.807) is 7.11 Å². The second kappa shape index (κ2) is 11.8. The number of methoxy groups -OCH3 is 1. The quantitative estimate of drug-likeness (QED) is 0.518. The van der Waals surface area contributed by atoms with Crippen molar-refractivity contribution in [2.24, 2.45) is 11.8 Å². The number of anilines is 1. The third-order valence-electron chi connectivity index (χ3n) is 8.55. The van der Waals surface area contributed by atoms with E-state index in [-0.39, 0.29) is 17.4 Å². The van der Waals surface area contributed by atoms with Crippen LogP contribution in [0.3, 0.4) is 0 Å². The van der Waals surface area contributed by atoms with E-state index < -0.39 is 0 Å². The van der Waals surface area contributed by atoms with Crippen LogP contribution in [0.4, 0.5) is 5.95 Å². The van der Waals surface area contributed by atoms with Gasteiger partial charge in [0, 0.05) is 63.0 Å². The third-order valence-corrected chi connectivity index (χ3v) is 8.55. The zero-order chi connectivity index (χ0) is 25.7. The van der Waals surface area contributed by atoms with Crippen molar-refractivity contribution >= 4 is 11.9 Å². The summed E-state index contributed by atoms with van der Waals surface area (Å²) in [5.74, 6) is 2.48. The van der Waals surface area contributed by atoms with E-state index in [4.69, 9.17) is 14.5 Å². The second-order valence-corrected chi connectivity index (χ2v) is 11.0. The number of rotatable bonds is 9. The van der Waals surface area contributed by atoms with Crippen LogP contribution in [0.2, 0.25) is 0 Å². The summed E-state index contributed by atoms with van der Waals surface area (Å²) in [5.41, 5.74) is 1.86. The zero-order valence-corrected chi connectivity index (χ0v) is 22.3. The molecule has 4 aliphatic heterocycles. The molecular formula is C29H41N5O3. The van der Waals surface area contributed by atoms with Crippen LogP contribution in [-0.4, -0.2) is 79.4 Å². The third kappa shape index (κ3) is 6.24. The highest BCUT2D eigenvalue weighted by Gasteiger charge is 2.42. The Hall–Kier alpha value is -2.71. The maximum absolute atomic E-state index is 13.3. The summed E-state index contributed by atoms with van der Waals surface area (Å²) < 4.78 is 10.8. The van der Waals surface area contributed by atoms with Crippen molar-refractivity contribution in [3.63, 3.8) is 0 Å². The molecule has 0 spiro atoms. The zero-order valence-electron chi connectivity index (χ0n) is 22.3. The molecule has 0 saturated carbocycles. The van der Waals surface area contributed by atoms with E-state index in [9.17, 15) is 4.79 Å². The van der Waals surface area contributed by atoms with Crippen LogP contribution >= 0.6 is 0 Å². The first-order chi connectivity index (χ1) is 18.0. The number of amides is 1. The molecule has 200 valence electrons. The van der Waals surface area contributed by atoms with Crippen molar-refractivity contribution < 1.29 is 14.3 Å². The monoisotopic (exact) mass is 507 g/mol. The minimum Gasteiger partial charge on any atom is -0.494 e. The lowest BCUT2D eigenvalue weighted by atomic mass is 9.78. The molecule has 1 amide bonds. The molecule has 1 aromatic carbocycles. The molecule has 5 heterocycles. The fraction of sp³-hybridized carbons (Fsp3) is 0.621. The smallest absolute Gasteiger partial charge is 0.225 e. The fourth-order valence-electron chi connectivity index (χ4n) is 6.05. The predicted molar refractivity (Wildman–Crippen MR) is 145 cm³/mol. The van der Waals surface area contributed by atoms with Crippen molar-refractivity contribution in [2.75, 3.05) is 57.9 Å². The number of aromatic nitrogens is 2. The Morgan fingerprint density at radius 3 is 2.51 bits per heavy atom. The lowest BCUT2D eigenvalue weighted by molar-refractivity contribution is -0.128. The molecule has 8 nitrogen and oxygen atoms in total. The molecule has 2 bridgehead atoms. The number of hydrogen-bond acceptors (Lipinski definition) is 7. The summed E-state index contributed by atoms with van der Waals surface area (Å²) >= 11 is 0. The molecule has 1 atom stereocenters. The topological polar surface area (TPSA) is 79.8 Å². The van der Waals surface area contributed by atoms with E-state index in [0.29, 0.717) is 19.1 Å². The molecule has 8 heteroatoms. The van der Waals surface area contributed by atoms with Crippen LogP contribution in [0.5, 0.6) is 5.75 Å². The number of nitrogens with one attached hydrogen (secondary N) is 1. The normalized spacial score (nSPS) is 26.1. The standard InChI is InChI=1S/C29H41N5O3/c1-29(13-19-33-15-11-24(29)12-16-33)32-27(35)23-9-17-34(18-10-23)28-30-14-8-26(31-28)22-4-6-25(7-5-22)37-21-3-20-36-2/h4-8,14,23-24H,3,9-13,15-21H2,1-2H3,(H,32,35). The molecule has 4 fully saturated rings. The summed E-state index contributed by atoms with van der Waals surface area (Å²) in [6.45, 7) is 8.66. The van der Waals surface area contributed by atoms with Gasteiger partial charge in [-0.15, -0.1) is 0 Å². The van der Waals surface area contributed by atoms with Gasteiger partial charge in [-0.1, -0.05) is 0 Å². The average Bonchev–Trinajstić information content (AvgIpc) is 3.19. The van der Waals surface area contributed by atoms with Gasteiger partial charge in [-0.05, 0) is 88.4 Å².